The number of benzene rings is 3. The van der Waals surface area contributed by atoms with E-state index in [1.807, 2.05) is 55.5 Å². The predicted octanol–water partition coefficient (Wildman–Crippen LogP) is 4.12. The first kappa shape index (κ1) is 25.6. The average molecular weight is 503 g/mol. The molecular weight excluding hydrogens is 476 g/mol. The second-order valence-corrected chi connectivity index (χ2v) is 9.75. The highest BCUT2D eigenvalue weighted by atomic mass is 35.5. The molecule has 0 bridgehead atoms. The summed E-state index contributed by atoms with van der Waals surface area (Å²) in [5, 5.41) is 3.06. The third kappa shape index (κ3) is 6.28. The quantitative estimate of drug-likeness (QED) is 0.435. The number of hydrogen-bond donors (Lipinski definition) is 2. The molecule has 3 aromatic carbocycles. The largest absolute Gasteiger partial charge is 0.496 e. The highest BCUT2D eigenvalue weighted by Gasteiger charge is 2.28. The summed E-state index contributed by atoms with van der Waals surface area (Å²) in [5.41, 5.74) is 1.59. The van der Waals surface area contributed by atoms with Gasteiger partial charge in [-0.2, -0.15) is 4.72 Å². The molecule has 0 heterocycles. The van der Waals surface area contributed by atoms with Gasteiger partial charge in [0.25, 0.3) is 0 Å². The van der Waals surface area contributed by atoms with E-state index in [4.69, 9.17) is 21.1 Å². The lowest BCUT2D eigenvalue weighted by Gasteiger charge is -2.23. The number of carbonyl (C=O) groups excluding carboxylic acids is 1. The lowest BCUT2D eigenvalue weighted by Crippen LogP contribution is -2.48. The van der Waals surface area contributed by atoms with Crippen molar-refractivity contribution in [1.82, 2.24) is 10.0 Å². The number of rotatable bonds is 10. The number of para-hydroxylation sites is 1. The van der Waals surface area contributed by atoms with Crippen LogP contribution in [0.25, 0.3) is 0 Å². The fraction of sp³-hybridized carbons (Fsp3) is 0.240. The molecule has 0 aliphatic carbocycles. The van der Waals surface area contributed by atoms with Gasteiger partial charge in [0.05, 0.1) is 30.2 Å². The first-order chi connectivity index (χ1) is 16.2. The number of hydrogen-bond acceptors (Lipinski definition) is 5. The van der Waals surface area contributed by atoms with E-state index in [-0.39, 0.29) is 16.3 Å². The Kier molecular flexibility index (Phi) is 8.55. The lowest BCUT2D eigenvalue weighted by atomic mass is 10.0. The third-order valence-corrected chi connectivity index (χ3v) is 7.06. The minimum Gasteiger partial charge on any atom is -0.496 e. The summed E-state index contributed by atoms with van der Waals surface area (Å²) in [5.74, 6) is 0.513. The number of carbonyl (C=O) groups is 1. The Morgan fingerprint density at radius 2 is 1.59 bits per heavy atom. The maximum Gasteiger partial charge on any atom is 0.241 e. The molecule has 0 aliphatic heterocycles. The van der Waals surface area contributed by atoms with Crippen LogP contribution < -0.4 is 19.5 Å². The summed E-state index contributed by atoms with van der Waals surface area (Å²) >= 11 is 6.12. The second-order valence-electron chi connectivity index (χ2n) is 7.63. The minimum atomic E-state index is -4.06. The molecule has 2 atom stereocenters. The van der Waals surface area contributed by atoms with Crippen LogP contribution in [0.2, 0.25) is 5.02 Å². The van der Waals surface area contributed by atoms with Crippen molar-refractivity contribution in [2.24, 2.45) is 0 Å². The molecule has 0 radical (unpaired) electrons. The molecule has 0 spiro atoms. The van der Waals surface area contributed by atoms with Gasteiger partial charge in [-0.15, -0.1) is 0 Å². The molecule has 7 nitrogen and oxygen atoms in total. The van der Waals surface area contributed by atoms with Crippen LogP contribution in [0.4, 0.5) is 0 Å². The zero-order chi connectivity index (χ0) is 24.7. The first-order valence-corrected chi connectivity index (χ1v) is 12.4. The number of ether oxygens (including phenoxy) is 2. The molecular formula is C25H27ClN2O5S. The second kappa shape index (κ2) is 11.4. The van der Waals surface area contributed by atoms with E-state index in [0.29, 0.717) is 11.5 Å². The molecule has 2 unspecified atom stereocenters. The highest BCUT2D eigenvalue weighted by molar-refractivity contribution is 7.89. The van der Waals surface area contributed by atoms with E-state index in [0.717, 1.165) is 11.1 Å². The van der Waals surface area contributed by atoms with Gasteiger partial charge in [0, 0.05) is 5.56 Å². The number of methoxy groups -OCH3 is 2. The van der Waals surface area contributed by atoms with E-state index in [2.05, 4.69) is 10.0 Å². The summed E-state index contributed by atoms with van der Waals surface area (Å²) in [6.07, 6.45) is 0.161. The molecule has 0 saturated heterocycles. The molecule has 2 N–H and O–H groups in total. The smallest absolute Gasteiger partial charge is 0.241 e. The van der Waals surface area contributed by atoms with E-state index >= 15 is 0 Å². The van der Waals surface area contributed by atoms with E-state index in [1.54, 1.807) is 13.2 Å². The molecule has 9 heteroatoms. The maximum atomic E-state index is 13.3. The third-order valence-electron chi connectivity index (χ3n) is 5.29. The van der Waals surface area contributed by atoms with Gasteiger partial charge >= 0.3 is 0 Å². The van der Waals surface area contributed by atoms with E-state index in [1.165, 1.54) is 25.3 Å². The van der Waals surface area contributed by atoms with Gasteiger partial charge in [0.2, 0.25) is 15.9 Å². The normalized spacial score (nSPS) is 13.1. The fourth-order valence-corrected chi connectivity index (χ4v) is 5.07. The van der Waals surface area contributed by atoms with Crippen molar-refractivity contribution < 1.29 is 22.7 Å². The van der Waals surface area contributed by atoms with Gasteiger partial charge in [0.1, 0.15) is 17.5 Å². The van der Waals surface area contributed by atoms with Crippen molar-refractivity contribution in [1.29, 1.82) is 0 Å². The molecule has 0 aliphatic rings. The van der Waals surface area contributed by atoms with Crippen LogP contribution in [0, 0.1) is 0 Å². The van der Waals surface area contributed by atoms with Crippen molar-refractivity contribution in [3.8, 4) is 11.5 Å². The summed E-state index contributed by atoms with van der Waals surface area (Å²) < 4.78 is 39.3. The Balaban J connectivity index is 1.87. The predicted molar refractivity (Wildman–Crippen MR) is 132 cm³/mol. The molecule has 1 amide bonds. The SMILES string of the molecule is COc1ccc(S(=O)(=O)NC(Cc2ccccc2)C(=O)NC(C)c2ccccc2OC)cc1Cl. The van der Waals surface area contributed by atoms with Crippen molar-refractivity contribution in [3.05, 3.63) is 88.9 Å². The van der Waals surface area contributed by atoms with Gasteiger partial charge < -0.3 is 14.8 Å². The minimum absolute atomic E-state index is 0.0676. The van der Waals surface area contributed by atoms with Crippen molar-refractivity contribution >= 4 is 27.5 Å². The lowest BCUT2D eigenvalue weighted by molar-refractivity contribution is -0.123. The number of sulfonamides is 1. The van der Waals surface area contributed by atoms with Crippen molar-refractivity contribution in [2.45, 2.75) is 30.3 Å². The van der Waals surface area contributed by atoms with Gasteiger partial charge in [-0.25, -0.2) is 8.42 Å². The van der Waals surface area contributed by atoms with E-state index < -0.39 is 28.0 Å². The monoisotopic (exact) mass is 502 g/mol. The summed E-state index contributed by atoms with van der Waals surface area (Å²) in [7, 11) is -1.06. The molecule has 0 aromatic heterocycles. The van der Waals surface area contributed by atoms with Gasteiger partial charge in [-0.3, -0.25) is 4.79 Å². The van der Waals surface area contributed by atoms with Crippen LogP contribution in [0.3, 0.4) is 0 Å². The van der Waals surface area contributed by atoms with Crippen LogP contribution in [-0.4, -0.2) is 34.6 Å². The van der Waals surface area contributed by atoms with Crippen LogP contribution in [0.1, 0.15) is 24.1 Å². The molecule has 3 rings (SSSR count). The van der Waals surface area contributed by atoms with Crippen LogP contribution >= 0.6 is 11.6 Å². The number of nitrogens with one attached hydrogen (secondary N) is 2. The Morgan fingerprint density at radius 3 is 2.24 bits per heavy atom. The highest BCUT2D eigenvalue weighted by Crippen LogP contribution is 2.27. The van der Waals surface area contributed by atoms with Crippen molar-refractivity contribution in [3.63, 3.8) is 0 Å². The Labute approximate surface area is 205 Å². The number of halogens is 1. The van der Waals surface area contributed by atoms with Crippen LogP contribution in [0.5, 0.6) is 11.5 Å². The molecule has 0 saturated carbocycles. The Bertz CT molecular complexity index is 1240. The Hall–Kier alpha value is -3.07. The van der Waals surface area contributed by atoms with Gasteiger partial charge in [-0.05, 0) is 43.2 Å². The summed E-state index contributed by atoms with van der Waals surface area (Å²) in [6.45, 7) is 1.81. The zero-order valence-electron chi connectivity index (χ0n) is 19.1. The summed E-state index contributed by atoms with van der Waals surface area (Å²) in [4.78, 5) is 13.2. The van der Waals surface area contributed by atoms with Crippen molar-refractivity contribution in [2.75, 3.05) is 14.2 Å². The average Bonchev–Trinajstić information content (AvgIpc) is 2.84. The van der Waals surface area contributed by atoms with Crippen LogP contribution in [0.15, 0.2) is 77.7 Å². The van der Waals surface area contributed by atoms with Crippen LogP contribution in [-0.2, 0) is 21.2 Å². The number of amides is 1. The first-order valence-electron chi connectivity index (χ1n) is 10.6. The molecule has 3 aromatic rings. The van der Waals surface area contributed by atoms with Gasteiger partial charge in [-0.1, -0.05) is 60.1 Å². The summed E-state index contributed by atoms with van der Waals surface area (Å²) in [6, 6.07) is 19.2. The maximum absolute atomic E-state index is 13.3. The van der Waals surface area contributed by atoms with Gasteiger partial charge in [0.15, 0.2) is 0 Å². The fourth-order valence-electron chi connectivity index (χ4n) is 3.52. The molecule has 34 heavy (non-hydrogen) atoms. The van der Waals surface area contributed by atoms with E-state index in [9.17, 15) is 13.2 Å². The molecule has 180 valence electrons. The Morgan fingerprint density at radius 1 is 0.941 bits per heavy atom. The standard InChI is InChI=1S/C25H27ClN2O5S/c1-17(20-11-7-8-12-23(20)32-2)27-25(29)22(15-18-9-5-4-6-10-18)28-34(30,31)19-13-14-24(33-3)21(26)16-19/h4-14,16-17,22,28H,15H2,1-3H3,(H,27,29). The topological polar surface area (TPSA) is 93.7 Å². The zero-order valence-corrected chi connectivity index (χ0v) is 20.7. The molecule has 0 fully saturated rings.